The lowest BCUT2D eigenvalue weighted by Gasteiger charge is -2.06. The number of hydrogen-bond donors (Lipinski definition) is 1. The van der Waals surface area contributed by atoms with Crippen LogP contribution in [0.15, 0.2) is 22.6 Å². The van der Waals surface area contributed by atoms with Crippen molar-refractivity contribution >= 4 is 11.0 Å². The first-order valence-electron chi connectivity index (χ1n) is 6.00. The number of fused-ring (bicyclic) bond motifs is 1. The summed E-state index contributed by atoms with van der Waals surface area (Å²) in [4.78, 5) is 0. The smallest absolute Gasteiger partial charge is 0.134 e. The van der Waals surface area contributed by atoms with Crippen molar-refractivity contribution in [3.63, 3.8) is 0 Å². The van der Waals surface area contributed by atoms with Gasteiger partial charge in [0, 0.05) is 10.9 Å². The van der Waals surface area contributed by atoms with Gasteiger partial charge in [-0.3, -0.25) is 0 Å². The first-order valence-corrected chi connectivity index (χ1v) is 6.00. The van der Waals surface area contributed by atoms with Crippen LogP contribution in [0, 0.1) is 6.92 Å². The van der Waals surface area contributed by atoms with Crippen LogP contribution in [0.4, 0.5) is 0 Å². The second kappa shape index (κ2) is 4.80. The highest BCUT2D eigenvalue weighted by Gasteiger charge is 2.15. The first-order chi connectivity index (χ1) is 8.17. The Morgan fingerprint density at radius 2 is 2.18 bits per heavy atom. The molecule has 1 aromatic carbocycles. The van der Waals surface area contributed by atoms with Crippen molar-refractivity contribution < 1.29 is 9.15 Å². The zero-order valence-electron chi connectivity index (χ0n) is 10.8. The molecule has 0 fully saturated rings. The summed E-state index contributed by atoms with van der Waals surface area (Å²) in [5.74, 6) is 1.89. The Hall–Kier alpha value is -1.48. The SMILES string of the molecule is CCOc1ccc2oc(C(C)NC)c(C)c2c1. The molecular weight excluding hydrogens is 214 g/mol. The van der Waals surface area contributed by atoms with Gasteiger partial charge in [0.05, 0.1) is 12.6 Å². The van der Waals surface area contributed by atoms with Crippen LogP contribution in [-0.2, 0) is 0 Å². The van der Waals surface area contributed by atoms with Crippen LogP contribution in [0.3, 0.4) is 0 Å². The van der Waals surface area contributed by atoms with E-state index in [0.29, 0.717) is 6.61 Å². The molecule has 92 valence electrons. The van der Waals surface area contributed by atoms with Gasteiger partial charge >= 0.3 is 0 Å². The van der Waals surface area contributed by atoms with Gasteiger partial charge in [0.15, 0.2) is 0 Å². The second-order valence-corrected chi connectivity index (χ2v) is 4.19. The van der Waals surface area contributed by atoms with Gasteiger partial charge in [0.2, 0.25) is 0 Å². The van der Waals surface area contributed by atoms with Gasteiger partial charge in [-0.25, -0.2) is 0 Å². The molecule has 1 aromatic heterocycles. The Kier molecular flexibility index (Phi) is 3.38. The van der Waals surface area contributed by atoms with Gasteiger partial charge < -0.3 is 14.5 Å². The maximum atomic E-state index is 5.87. The van der Waals surface area contributed by atoms with E-state index in [-0.39, 0.29) is 6.04 Å². The fourth-order valence-electron chi connectivity index (χ4n) is 2.02. The number of furan rings is 1. The van der Waals surface area contributed by atoms with Crippen LogP contribution in [-0.4, -0.2) is 13.7 Å². The standard InChI is InChI=1S/C14H19NO2/c1-5-16-11-6-7-13-12(8-11)9(2)14(17-13)10(3)15-4/h6-8,10,15H,5H2,1-4H3. The van der Waals surface area contributed by atoms with Crippen molar-refractivity contribution in [2.24, 2.45) is 0 Å². The lowest BCUT2D eigenvalue weighted by molar-refractivity contribution is 0.340. The summed E-state index contributed by atoms with van der Waals surface area (Å²) >= 11 is 0. The van der Waals surface area contributed by atoms with Gasteiger partial charge in [-0.1, -0.05) is 0 Å². The average molecular weight is 233 g/mol. The molecule has 0 spiro atoms. The number of rotatable bonds is 4. The molecule has 1 unspecified atom stereocenters. The summed E-state index contributed by atoms with van der Waals surface area (Å²) in [5.41, 5.74) is 2.10. The number of aryl methyl sites for hydroxylation is 1. The maximum absolute atomic E-state index is 5.87. The van der Waals surface area contributed by atoms with Crippen LogP contribution < -0.4 is 10.1 Å². The van der Waals surface area contributed by atoms with Gasteiger partial charge in [0.25, 0.3) is 0 Å². The monoisotopic (exact) mass is 233 g/mol. The molecule has 0 bridgehead atoms. The quantitative estimate of drug-likeness (QED) is 0.878. The number of hydrogen-bond acceptors (Lipinski definition) is 3. The predicted molar refractivity (Wildman–Crippen MR) is 69.6 cm³/mol. The zero-order valence-corrected chi connectivity index (χ0v) is 10.8. The lowest BCUT2D eigenvalue weighted by atomic mass is 10.1. The fourth-order valence-corrected chi connectivity index (χ4v) is 2.02. The van der Waals surface area contributed by atoms with Crippen molar-refractivity contribution in [3.8, 4) is 5.75 Å². The normalized spacial score (nSPS) is 12.9. The summed E-state index contributed by atoms with van der Waals surface area (Å²) < 4.78 is 11.4. The summed E-state index contributed by atoms with van der Waals surface area (Å²) in [6.45, 7) is 6.85. The predicted octanol–water partition coefficient (Wildman–Crippen LogP) is 3.42. The Morgan fingerprint density at radius 3 is 2.82 bits per heavy atom. The highest BCUT2D eigenvalue weighted by Crippen LogP contribution is 2.31. The summed E-state index contributed by atoms with van der Waals surface area (Å²) in [5, 5.41) is 4.33. The molecule has 0 saturated carbocycles. The highest BCUT2D eigenvalue weighted by atomic mass is 16.5. The van der Waals surface area contributed by atoms with E-state index in [1.165, 1.54) is 5.56 Å². The van der Waals surface area contributed by atoms with Gasteiger partial charge in [-0.15, -0.1) is 0 Å². The van der Waals surface area contributed by atoms with Crippen molar-refractivity contribution in [3.05, 3.63) is 29.5 Å². The Labute approximate surface area is 102 Å². The first kappa shape index (κ1) is 12.0. The van der Waals surface area contributed by atoms with Crippen LogP contribution in [0.2, 0.25) is 0 Å². The van der Waals surface area contributed by atoms with E-state index in [2.05, 4.69) is 19.2 Å². The molecule has 0 amide bonds. The summed E-state index contributed by atoms with van der Waals surface area (Å²) in [6.07, 6.45) is 0. The van der Waals surface area contributed by atoms with Crippen molar-refractivity contribution in [2.75, 3.05) is 13.7 Å². The van der Waals surface area contributed by atoms with E-state index < -0.39 is 0 Å². The van der Waals surface area contributed by atoms with E-state index in [1.807, 2.05) is 32.2 Å². The Balaban J connectivity index is 2.50. The number of nitrogens with one attached hydrogen (secondary N) is 1. The molecule has 0 aliphatic heterocycles. The van der Waals surface area contributed by atoms with Crippen LogP contribution in [0.5, 0.6) is 5.75 Å². The molecule has 1 heterocycles. The topological polar surface area (TPSA) is 34.4 Å². The molecule has 1 N–H and O–H groups in total. The maximum Gasteiger partial charge on any atom is 0.134 e. The Bertz CT molecular complexity index is 516. The minimum Gasteiger partial charge on any atom is -0.494 e. The van der Waals surface area contributed by atoms with E-state index in [4.69, 9.17) is 9.15 Å². The largest absolute Gasteiger partial charge is 0.494 e. The van der Waals surface area contributed by atoms with E-state index in [0.717, 1.165) is 22.5 Å². The van der Waals surface area contributed by atoms with Crippen molar-refractivity contribution in [2.45, 2.75) is 26.8 Å². The fraction of sp³-hybridized carbons (Fsp3) is 0.429. The van der Waals surface area contributed by atoms with Crippen LogP contribution in [0.25, 0.3) is 11.0 Å². The molecule has 2 aromatic rings. The Morgan fingerprint density at radius 1 is 1.41 bits per heavy atom. The lowest BCUT2D eigenvalue weighted by Crippen LogP contribution is -2.12. The number of benzene rings is 1. The third-order valence-corrected chi connectivity index (χ3v) is 3.08. The molecule has 3 nitrogen and oxygen atoms in total. The highest BCUT2D eigenvalue weighted by molar-refractivity contribution is 5.83. The average Bonchev–Trinajstić information content (AvgIpc) is 2.67. The minimum absolute atomic E-state index is 0.220. The zero-order chi connectivity index (χ0) is 12.4. The molecule has 17 heavy (non-hydrogen) atoms. The van der Waals surface area contributed by atoms with Gasteiger partial charge in [-0.2, -0.15) is 0 Å². The van der Waals surface area contributed by atoms with Crippen LogP contribution in [0.1, 0.15) is 31.2 Å². The van der Waals surface area contributed by atoms with Crippen LogP contribution >= 0.6 is 0 Å². The van der Waals surface area contributed by atoms with E-state index in [9.17, 15) is 0 Å². The molecule has 0 aliphatic rings. The summed E-state index contributed by atoms with van der Waals surface area (Å²) in [7, 11) is 1.93. The molecule has 2 rings (SSSR count). The molecule has 1 atom stereocenters. The van der Waals surface area contributed by atoms with E-state index in [1.54, 1.807) is 0 Å². The second-order valence-electron chi connectivity index (χ2n) is 4.19. The number of ether oxygens (including phenoxy) is 1. The molecule has 0 radical (unpaired) electrons. The van der Waals surface area contributed by atoms with Crippen molar-refractivity contribution in [1.29, 1.82) is 0 Å². The van der Waals surface area contributed by atoms with E-state index >= 15 is 0 Å². The van der Waals surface area contributed by atoms with Gasteiger partial charge in [-0.05, 0) is 46.0 Å². The third kappa shape index (κ3) is 2.15. The molecular formula is C14H19NO2. The minimum atomic E-state index is 0.220. The van der Waals surface area contributed by atoms with Gasteiger partial charge in [0.1, 0.15) is 17.1 Å². The molecule has 3 heteroatoms. The molecule has 0 aliphatic carbocycles. The third-order valence-electron chi connectivity index (χ3n) is 3.08. The van der Waals surface area contributed by atoms with Crippen molar-refractivity contribution in [1.82, 2.24) is 5.32 Å². The molecule has 0 saturated heterocycles. The summed E-state index contributed by atoms with van der Waals surface area (Å²) in [6, 6.07) is 6.18.